The summed E-state index contributed by atoms with van der Waals surface area (Å²) >= 11 is 0. The van der Waals surface area contributed by atoms with Gasteiger partial charge in [-0.1, -0.05) is 6.08 Å². The SMILES string of the molecule is Cc1cn2cc(-c3cc4c(F)cc(C5=CCNCC5)cc4nn3)cc(F)c2n1. The third-order valence-electron chi connectivity index (χ3n) is 5.01. The van der Waals surface area contributed by atoms with Gasteiger partial charge in [-0.05, 0) is 55.3 Å². The summed E-state index contributed by atoms with van der Waals surface area (Å²) in [5.74, 6) is -0.815. The van der Waals surface area contributed by atoms with Crippen molar-refractivity contribution in [3.05, 3.63) is 65.6 Å². The minimum Gasteiger partial charge on any atom is -0.313 e. The number of aromatic nitrogens is 4. The Labute approximate surface area is 159 Å². The smallest absolute Gasteiger partial charge is 0.173 e. The first-order chi connectivity index (χ1) is 13.6. The number of pyridine rings is 1. The molecule has 0 unspecified atom stereocenters. The Hall–Kier alpha value is -3.19. The van der Waals surface area contributed by atoms with Crippen molar-refractivity contribution in [2.45, 2.75) is 13.3 Å². The number of halogens is 2. The van der Waals surface area contributed by atoms with Gasteiger partial charge in [0.25, 0.3) is 0 Å². The Morgan fingerprint density at radius 3 is 2.68 bits per heavy atom. The van der Waals surface area contributed by atoms with Gasteiger partial charge in [-0.3, -0.25) is 0 Å². The molecule has 3 aromatic heterocycles. The lowest BCUT2D eigenvalue weighted by atomic mass is 9.98. The number of rotatable bonds is 2. The molecule has 1 aliphatic heterocycles. The van der Waals surface area contributed by atoms with Crippen LogP contribution < -0.4 is 5.32 Å². The van der Waals surface area contributed by atoms with Gasteiger partial charge in [0, 0.05) is 29.9 Å². The fraction of sp³-hybridized carbons (Fsp3) is 0.190. The molecule has 140 valence electrons. The maximum absolute atomic E-state index is 14.8. The lowest BCUT2D eigenvalue weighted by molar-refractivity contribution is 0.630. The zero-order valence-corrected chi connectivity index (χ0v) is 15.2. The second kappa shape index (κ2) is 6.45. The molecule has 0 amide bonds. The number of fused-ring (bicyclic) bond motifs is 2. The lowest BCUT2D eigenvalue weighted by Gasteiger charge is -2.15. The van der Waals surface area contributed by atoms with E-state index in [1.165, 1.54) is 12.1 Å². The molecule has 5 rings (SSSR count). The van der Waals surface area contributed by atoms with Crippen molar-refractivity contribution in [2.24, 2.45) is 0 Å². The first-order valence-corrected chi connectivity index (χ1v) is 9.11. The van der Waals surface area contributed by atoms with E-state index in [9.17, 15) is 8.78 Å². The van der Waals surface area contributed by atoms with Gasteiger partial charge < -0.3 is 9.72 Å². The Kier molecular flexibility index (Phi) is 3.91. The highest BCUT2D eigenvalue weighted by Gasteiger charge is 2.14. The molecule has 0 spiro atoms. The third-order valence-corrected chi connectivity index (χ3v) is 5.01. The van der Waals surface area contributed by atoms with Crippen molar-refractivity contribution in [2.75, 3.05) is 13.1 Å². The van der Waals surface area contributed by atoms with E-state index in [4.69, 9.17) is 0 Å². The van der Waals surface area contributed by atoms with Crippen LogP contribution in [0.5, 0.6) is 0 Å². The number of nitrogens with one attached hydrogen (secondary N) is 1. The number of benzene rings is 1. The average Bonchev–Trinajstić information content (AvgIpc) is 3.09. The summed E-state index contributed by atoms with van der Waals surface area (Å²) in [5.41, 5.74) is 4.31. The molecule has 0 fully saturated rings. The van der Waals surface area contributed by atoms with E-state index >= 15 is 0 Å². The highest BCUT2D eigenvalue weighted by molar-refractivity contribution is 5.86. The number of hydrogen-bond donors (Lipinski definition) is 1. The quantitative estimate of drug-likeness (QED) is 0.576. The van der Waals surface area contributed by atoms with Crippen LogP contribution in [0, 0.1) is 18.6 Å². The highest BCUT2D eigenvalue weighted by atomic mass is 19.1. The largest absolute Gasteiger partial charge is 0.313 e. The molecule has 4 heterocycles. The molecule has 1 N–H and O–H groups in total. The van der Waals surface area contributed by atoms with E-state index < -0.39 is 5.82 Å². The molecule has 0 bridgehead atoms. The second-order valence-corrected chi connectivity index (χ2v) is 6.99. The van der Waals surface area contributed by atoms with Crippen molar-refractivity contribution in [1.29, 1.82) is 0 Å². The van der Waals surface area contributed by atoms with Gasteiger partial charge in [-0.25, -0.2) is 13.8 Å². The topological polar surface area (TPSA) is 55.1 Å². The predicted octanol–water partition coefficient (Wildman–Crippen LogP) is 3.91. The van der Waals surface area contributed by atoms with E-state index in [0.29, 0.717) is 27.9 Å². The average molecular weight is 377 g/mol. The number of nitrogens with zero attached hydrogens (tertiary/aromatic N) is 4. The third kappa shape index (κ3) is 2.84. The maximum Gasteiger partial charge on any atom is 0.173 e. The summed E-state index contributed by atoms with van der Waals surface area (Å²) in [7, 11) is 0. The van der Waals surface area contributed by atoms with Crippen LogP contribution in [0.4, 0.5) is 8.78 Å². The minimum absolute atomic E-state index is 0.251. The zero-order chi connectivity index (χ0) is 19.3. The Morgan fingerprint density at radius 2 is 1.86 bits per heavy atom. The summed E-state index contributed by atoms with van der Waals surface area (Å²) in [6.07, 6.45) is 6.37. The van der Waals surface area contributed by atoms with Gasteiger partial charge in [0.05, 0.1) is 16.9 Å². The van der Waals surface area contributed by atoms with Gasteiger partial charge in [0.2, 0.25) is 0 Å². The summed E-state index contributed by atoms with van der Waals surface area (Å²) in [6, 6.07) is 6.36. The standard InChI is InChI=1S/C21H17F2N5/c1-12-10-28-11-15(7-18(23)21(28)25-12)19-9-16-17(22)6-14(8-20(16)27-26-19)13-2-4-24-5-3-13/h2,6-11,24H,3-5H2,1H3. The fourth-order valence-electron chi connectivity index (χ4n) is 3.63. The minimum atomic E-state index is -0.457. The van der Waals surface area contributed by atoms with Crippen molar-refractivity contribution < 1.29 is 8.78 Å². The molecule has 0 aliphatic carbocycles. The van der Waals surface area contributed by atoms with Crippen molar-refractivity contribution >= 4 is 22.1 Å². The molecule has 28 heavy (non-hydrogen) atoms. The highest BCUT2D eigenvalue weighted by Crippen LogP contribution is 2.28. The molecule has 0 atom stereocenters. The van der Waals surface area contributed by atoms with Gasteiger partial charge in [-0.15, -0.1) is 10.2 Å². The monoisotopic (exact) mass is 377 g/mol. The molecular weight excluding hydrogens is 360 g/mol. The Balaban J connectivity index is 1.62. The van der Waals surface area contributed by atoms with Crippen LogP contribution in [0.15, 0.2) is 42.7 Å². The Bertz CT molecular complexity index is 1260. The van der Waals surface area contributed by atoms with E-state index in [1.807, 2.05) is 6.07 Å². The van der Waals surface area contributed by atoms with Crippen molar-refractivity contribution in [1.82, 2.24) is 24.9 Å². The van der Waals surface area contributed by atoms with E-state index in [1.54, 1.807) is 29.8 Å². The van der Waals surface area contributed by atoms with E-state index in [0.717, 1.165) is 30.6 Å². The van der Waals surface area contributed by atoms with Crippen LogP contribution in [0.3, 0.4) is 0 Å². The van der Waals surface area contributed by atoms with Gasteiger partial charge in [0.15, 0.2) is 11.5 Å². The molecule has 0 saturated carbocycles. The predicted molar refractivity (Wildman–Crippen MR) is 104 cm³/mol. The first kappa shape index (κ1) is 16.9. The van der Waals surface area contributed by atoms with Gasteiger partial charge >= 0.3 is 0 Å². The first-order valence-electron chi connectivity index (χ1n) is 9.11. The van der Waals surface area contributed by atoms with E-state index in [2.05, 4.69) is 26.6 Å². The van der Waals surface area contributed by atoms with E-state index in [-0.39, 0.29) is 11.5 Å². The van der Waals surface area contributed by atoms with Crippen molar-refractivity contribution in [3.8, 4) is 11.3 Å². The van der Waals surface area contributed by atoms with Crippen LogP contribution in [0.1, 0.15) is 17.7 Å². The summed E-state index contributed by atoms with van der Waals surface area (Å²) < 4.78 is 30.8. The molecule has 1 aromatic carbocycles. The molecule has 7 heteroatoms. The van der Waals surface area contributed by atoms with Gasteiger partial charge in [-0.2, -0.15) is 0 Å². The van der Waals surface area contributed by atoms with Crippen LogP contribution >= 0.6 is 0 Å². The van der Waals surface area contributed by atoms with Crippen LogP contribution in [-0.2, 0) is 0 Å². The normalized spacial score (nSPS) is 14.6. The molecule has 5 nitrogen and oxygen atoms in total. The van der Waals surface area contributed by atoms with Crippen molar-refractivity contribution in [3.63, 3.8) is 0 Å². The second-order valence-electron chi connectivity index (χ2n) is 6.99. The van der Waals surface area contributed by atoms with Crippen LogP contribution in [0.25, 0.3) is 33.4 Å². The number of aryl methyl sites for hydroxylation is 1. The summed E-state index contributed by atoms with van der Waals surface area (Å²) in [6.45, 7) is 3.45. The maximum atomic E-state index is 14.8. The number of imidazole rings is 1. The van der Waals surface area contributed by atoms with Gasteiger partial charge in [0.1, 0.15) is 5.82 Å². The summed E-state index contributed by atoms with van der Waals surface area (Å²) in [5, 5.41) is 12.0. The fourth-order valence-corrected chi connectivity index (χ4v) is 3.63. The number of hydrogen-bond acceptors (Lipinski definition) is 4. The molecule has 1 aliphatic rings. The van der Waals surface area contributed by atoms with Crippen LogP contribution in [-0.4, -0.2) is 32.7 Å². The lowest BCUT2D eigenvalue weighted by Crippen LogP contribution is -2.20. The molecule has 0 radical (unpaired) electrons. The summed E-state index contributed by atoms with van der Waals surface area (Å²) in [4.78, 5) is 4.15. The Morgan fingerprint density at radius 1 is 1.00 bits per heavy atom. The molecular formula is C21H17F2N5. The molecule has 0 saturated heterocycles. The zero-order valence-electron chi connectivity index (χ0n) is 15.2. The van der Waals surface area contributed by atoms with Crippen LogP contribution in [0.2, 0.25) is 0 Å². The molecule has 4 aromatic rings.